The van der Waals surface area contributed by atoms with Gasteiger partial charge < -0.3 is 34.5 Å². The number of nitrogens with one attached hydrogen (secondary N) is 4. The molecule has 16 nitrogen and oxygen atoms in total. The molecule has 1 aliphatic rings. The van der Waals surface area contributed by atoms with Gasteiger partial charge in [-0.1, -0.05) is 18.2 Å². The van der Waals surface area contributed by atoms with Crippen LogP contribution >= 0.6 is 11.3 Å². The lowest BCUT2D eigenvalue weighted by Gasteiger charge is -2.30. The molecule has 0 bridgehead atoms. The largest absolute Gasteiger partial charge is 0.444 e. The topological polar surface area (TPSA) is 198 Å². The van der Waals surface area contributed by atoms with Gasteiger partial charge in [0.2, 0.25) is 11.9 Å². The van der Waals surface area contributed by atoms with Crippen molar-refractivity contribution in [2.75, 3.05) is 18.4 Å². The quantitative estimate of drug-likeness (QED) is 0.131. The molecule has 1 aliphatic heterocycles. The summed E-state index contributed by atoms with van der Waals surface area (Å²) >= 11 is 1.30. The zero-order chi connectivity index (χ0) is 42.1. The summed E-state index contributed by atoms with van der Waals surface area (Å²) in [7, 11) is 0. The molecule has 0 unspecified atom stereocenters. The van der Waals surface area contributed by atoms with Crippen molar-refractivity contribution in [3.8, 4) is 0 Å². The standard InChI is InChI=1S/C39H55N7O9S/c1-36(2,3)52-32(48)42-30(43-33(49)53-37(4,5)6)40-22-24-13-15-27(16-14-24)41-29(47)28-21-26(23-56-28)25-17-19-46(20-18-25)31(44-34(50)54-38(7,8)9)45-35(51)55-39(10,11)12/h13-17,21,23H,18-20,22H2,1-12H3,(H,41,47)(H,44,45,50,51)(H2,40,42,43,48,49). The third-order valence-corrected chi connectivity index (χ3v) is 7.72. The molecule has 5 amide bonds. The smallest absolute Gasteiger partial charge is 0.437 e. The van der Waals surface area contributed by atoms with Crippen molar-refractivity contribution >= 4 is 64.8 Å². The van der Waals surface area contributed by atoms with Crippen LogP contribution in [0.2, 0.25) is 0 Å². The van der Waals surface area contributed by atoms with Crippen LogP contribution in [-0.4, -0.2) is 82.6 Å². The van der Waals surface area contributed by atoms with Crippen LogP contribution in [0.1, 0.15) is 110 Å². The average Bonchev–Trinajstić information content (AvgIpc) is 3.51. The number of guanidine groups is 2. The molecule has 56 heavy (non-hydrogen) atoms. The minimum absolute atomic E-state index is 0.0165. The van der Waals surface area contributed by atoms with Crippen LogP contribution in [0.4, 0.5) is 24.9 Å². The van der Waals surface area contributed by atoms with Crippen LogP contribution in [-0.2, 0) is 25.5 Å². The molecule has 0 atom stereocenters. The number of amides is 5. The predicted molar refractivity (Wildman–Crippen MR) is 216 cm³/mol. The number of nitrogens with zero attached hydrogens (tertiary/aromatic N) is 3. The third kappa shape index (κ3) is 16.9. The van der Waals surface area contributed by atoms with Crippen molar-refractivity contribution in [1.29, 1.82) is 0 Å². The lowest BCUT2D eigenvalue weighted by atomic mass is 10.0. The number of thiophene rings is 1. The third-order valence-electron chi connectivity index (χ3n) is 6.79. The van der Waals surface area contributed by atoms with E-state index in [1.54, 1.807) is 112 Å². The van der Waals surface area contributed by atoms with Gasteiger partial charge in [-0.25, -0.2) is 19.2 Å². The molecule has 4 N–H and O–H groups in total. The van der Waals surface area contributed by atoms with Gasteiger partial charge in [-0.15, -0.1) is 21.3 Å². The van der Waals surface area contributed by atoms with Crippen LogP contribution in [0, 0.1) is 0 Å². The molecule has 0 saturated carbocycles. The Morgan fingerprint density at radius 2 is 1.27 bits per heavy atom. The molecule has 1 aromatic carbocycles. The Balaban J connectivity index is 1.64. The molecule has 306 valence electrons. The molecule has 0 saturated heterocycles. The maximum Gasteiger partial charge on any atom is 0.437 e. The number of ether oxygens (including phenoxy) is 4. The fourth-order valence-electron chi connectivity index (χ4n) is 4.66. The minimum atomic E-state index is -0.890. The highest BCUT2D eigenvalue weighted by Crippen LogP contribution is 2.28. The van der Waals surface area contributed by atoms with Gasteiger partial charge in [0.1, 0.15) is 22.4 Å². The van der Waals surface area contributed by atoms with Crippen molar-refractivity contribution in [2.24, 2.45) is 9.98 Å². The summed E-state index contributed by atoms with van der Waals surface area (Å²) in [5, 5.41) is 12.8. The van der Waals surface area contributed by atoms with Gasteiger partial charge in [-0.05, 0) is 130 Å². The number of carbonyl (C=O) groups is 5. The van der Waals surface area contributed by atoms with Crippen molar-refractivity contribution in [2.45, 2.75) is 118 Å². The predicted octanol–water partition coefficient (Wildman–Crippen LogP) is 7.81. The summed E-state index contributed by atoms with van der Waals surface area (Å²) in [6.45, 7) is 21.5. The molecule has 0 fully saturated rings. The second-order valence-electron chi connectivity index (χ2n) is 16.7. The highest BCUT2D eigenvalue weighted by Gasteiger charge is 2.26. The molecular weight excluding hydrogens is 743 g/mol. The van der Waals surface area contributed by atoms with Gasteiger partial charge in [-0.2, -0.15) is 0 Å². The van der Waals surface area contributed by atoms with Crippen LogP contribution in [0.3, 0.4) is 0 Å². The van der Waals surface area contributed by atoms with Crippen LogP contribution in [0.5, 0.6) is 0 Å². The highest BCUT2D eigenvalue weighted by molar-refractivity contribution is 7.12. The zero-order valence-corrected chi connectivity index (χ0v) is 35.1. The number of rotatable bonds is 5. The van der Waals surface area contributed by atoms with E-state index >= 15 is 0 Å². The van der Waals surface area contributed by atoms with E-state index in [1.165, 1.54) is 11.3 Å². The van der Waals surface area contributed by atoms with Crippen LogP contribution in [0.25, 0.3) is 5.57 Å². The summed E-state index contributed by atoms with van der Waals surface area (Å²) in [4.78, 5) is 73.2. The Hall–Kier alpha value is -5.45. The van der Waals surface area contributed by atoms with E-state index < -0.39 is 46.8 Å². The van der Waals surface area contributed by atoms with E-state index in [2.05, 4.69) is 31.3 Å². The van der Waals surface area contributed by atoms with E-state index in [0.717, 1.165) is 16.7 Å². The van der Waals surface area contributed by atoms with Crippen molar-refractivity contribution < 1.29 is 42.9 Å². The Bertz CT molecular complexity index is 1840. The lowest BCUT2D eigenvalue weighted by molar-refractivity contribution is 0.0539. The first-order valence-corrected chi connectivity index (χ1v) is 18.9. The minimum Gasteiger partial charge on any atom is -0.444 e. The zero-order valence-electron chi connectivity index (χ0n) is 34.3. The lowest BCUT2D eigenvalue weighted by Crippen LogP contribution is -2.48. The van der Waals surface area contributed by atoms with Crippen molar-refractivity contribution in [1.82, 2.24) is 20.9 Å². The molecule has 2 aromatic rings. The fraction of sp³-hybridized carbons (Fsp3) is 0.513. The maximum atomic E-state index is 13.2. The first-order valence-electron chi connectivity index (χ1n) is 18.0. The molecule has 17 heteroatoms. The first-order chi connectivity index (χ1) is 25.7. The summed E-state index contributed by atoms with van der Waals surface area (Å²) in [5.74, 6) is -0.415. The summed E-state index contributed by atoms with van der Waals surface area (Å²) < 4.78 is 21.2. The number of anilines is 1. The van der Waals surface area contributed by atoms with E-state index in [4.69, 9.17) is 18.9 Å². The molecule has 0 radical (unpaired) electrons. The van der Waals surface area contributed by atoms with Crippen molar-refractivity contribution in [3.05, 3.63) is 57.8 Å². The number of carbonyl (C=O) groups excluding carboxylic acids is 5. The molecule has 2 heterocycles. The summed E-state index contributed by atoms with van der Waals surface area (Å²) in [6, 6.07) is 8.83. The van der Waals surface area contributed by atoms with Crippen LogP contribution < -0.4 is 21.3 Å². The number of hydrogen-bond donors (Lipinski definition) is 4. The van der Waals surface area contributed by atoms with E-state index in [1.807, 2.05) is 17.5 Å². The Morgan fingerprint density at radius 1 is 0.732 bits per heavy atom. The van der Waals surface area contributed by atoms with Crippen LogP contribution in [0.15, 0.2) is 51.8 Å². The second kappa shape index (κ2) is 18.5. The summed E-state index contributed by atoms with van der Waals surface area (Å²) in [5.41, 5.74) is 0.131. The van der Waals surface area contributed by atoms with Gasteiger partial charge in [-0.3, -0.25) is 15.4 Å². The Labute approximate surface area is 332 Å². The van der Waals surface area contributed by atoms with E-state index in [9.17, 15) is 24.0 Å². The highest BCUT2D eigenvalue weighted by atomic mass is 32.1. The molecular formula is C39H55N7O9S. The molecule has 0 aliphatic carbocycles. The van der Waals surface area contributed by atoms with E-state index in [0.29, 0.717) is 30.1 Å². The Morgan fingerprint density at radius 3 is 1.79 bits per heavy atom. The molecule has 3 rings (SSSR count). The van der Waals surface area contributed by atoms with Gasteiger partial charge in [0.15, 0.2) is 0 Å². The Kier molecular flexibility index (Phi) is 14.8. The summed E-state index contributed by atoms with van der Waals surface area (Å²) in [6.07, 6.45) is -0.776. The van der Waals surface area contributed by atoms with Gasteiger partial charge in [0, 0.05) is 25.3 Å². The normalized spacial score (nSPS) is 14.2. The van der Waals surface area contributed by atoms with E-state index in [-0.39, 0.29) is 24.4 Å². The maximum absolute atomic E-state index is 13.2. The monoisotopic (exact) mass is 797 g/mol. The number of benzene rings is 1. The SMILES string of the molecule is CC(C)(C)OC(=O)/N=C(/NC(=O)OC(C)(C)C)N1CC=C(c2csc(C(=O)Nc3ccc(CN/C(=N\C(=O)OC(C)(C)C)NC(=O)OC(C)(C)C)cc3)c2)CC1. The van der Waals surface area contributed by atoms with Gasteiger partial charge in [0.25, 0.3) is 5.91 Å². The first kappa shape index (κ1) is 44.9. The van der Waals surface area contributed by atoms with Gasteiger partial charge >= 0.3 is 24.4 Å². The molecule has 1 aromatic heterocycles. The molecule has 0 spiro atoms. The number of aliphatic imine (C=N–C) groups is 2. The number of hydrogen-bond acceptors (Lipinski definition) is 10. The fourth-order valence-corrected chi connectivity index (χ4v) is 5.49. The second-order valence-corrected chi connectivity index (χ2v) is 17.7. The average molecular weight is 798 g/mol. The van der Waals surface area contributed by atoms with Crippen molar-refractivity contribution in [3.63, 3.8) is 0 Å². The number of alkyl carbamates (subject to hydrolysis) is 2. The van der Waals surface area contributed by atoms with Gasteiger partial charge in [0.05, 0.1) is 4.88 Å².